The molecule has 0 spiro atoms. The monoisotopic (exact) mass is 568 g/mol. The molecule has 43 heavy (non-hydrogen) atoms. The van der Waals surface area contributed by atoms with Gasteiger partial charge in [0.1, 0.15) is 12.0 Å². The quantitative estimate of drug-likeness (QED) is 0.360. The Labute approximate surface area is 256 Å². The summed E-state index contributed by atoms with van der Waals surface area (Å²) in [4.78, 5) is 10.1. The van der Waals surface area contributed by atoms with E-state index >= 15 is 0 Å². The van der Waals surface area contributed by atoms with Crippen molar-refractivity contribution in [2.75, 3.05) is 0 Å². The molecule has 2 N–H and O–H groups in total. The van der Waals surface area contributed by atoms with E-state index in [4.69, 9.17) is 9.98 Å². The van der Waals surface area contributed by atoms with Gasteiger partial charge in [-0.3, -0.25) is 10.3 Å². The van der Waals surface area contributed by atoms with Crippen LogP contribution in [0.1, 0.15) is 75.2 Å². The highest BCUT2D eigenvalue weighted by atomic mass is 15.3. The second kappa shape index (κ2) is 10.9. The first-order valence-corrected chi connectivity index (χ1v) is 16.6. The zero-order chi connectivity index (χ0) is 29.0. The van der Waals surface area contributed by atoms with Crippen LogP contribution in [0, 0.1) is 29.6 Å². The van der Waals surface area contributed by atoms with Gasteiger partial charge < -0.3 is 5.32 Å². The number of allylic oxidation sites excluding steroid dienone is 6. The molecule has 0 bridgehead atoms. The Kier molecular flexibility index (Phi) is 6.86. The number of amidine groups is 1. The Balaban J connectivity index is 1.08. The minimum atomic E-state index is -0.0280. The molecule has 0 fully saturated rings. The summed E-state index contributed by atoms with van der Waals surface area (Å²) in [6, 6.07) is 20.3. The SMILES string of the molecule is CC1(C)c2ccccc2C2=CCC(C3CC(C4NC(C5C=CC=CC5)=NC(c5ccccc5)N4)CC=C3C3CC=N3)CC21. The summed E-state index contributed by atoms with van der Waals surface area (Å²) in [6.07, 6.45) is 23.2. The average molecular weight is 569 g/mol. The van der Waals surface area contributed by atoms with Crippen molar-refractivity contribution in [1.29, 1.82) is 0 Å². The highest BCUT2D eigenvalue weighted by Gasteiger charge is 2.48. The summed E-state index contributed by atoms with van der Waals surface area (Å²) in [5.41, 5.74) is 7.68. The van der Waals surface area contributed by atoms with E-state index in [0.29, 0.717) is 35.6 Å². The molecule has 2 aliphatic heterocycles. The van der Waals surface area contributed by atoms with E-state index in [0.717, 1.165) is 25.1 Å². The fourth-order valence-corrected chi connectivity index (χ4v) is 8.92. The third kappa shape index (κ3) is 4.79. The maximum Gasteiger partial charge on any atom is 0.129 e. The van der Waals surface area contributed by atoms with Crippen LogP contribution < -0.4 is 10.6 Å². The van der Waals surface area contributed by atoms with Gasteiger partial charge in [-0.2, -0.15) is 0 Å². The van der Waals surface area contributed by atoms with Crippen molar-refractivity contribution >= 4 is 17.6 Å². The van der Waals surface area contributed by atoms with E-state index in [2.05, 4.69) is 122 Å². The lowest BCUT2D eigenvalue weighted by atomic mass is 9.63. The van der Waals surface area contributed by atoms with Crippen LogP contribution >= 0.6 is 0 Å². The lowest BCUT2D eigenvalue weighted by molar-refractivity contribution is 0.183. The topological polar surface area (TPSA) is 48.8 Å². The molecule has 2 heterocycles. The second-order valence-corrected chi connectivity index (χ2v) is 14.1. The van der Waals surface area contributed by atoms with E-state index in [1.54, 1.807) is 11.1 Å². The van der Waals surface area contributed by atoms with Crippen molar-refractivity contribution < 1.29 is 0 Å². The molecular formula is C39H44N4. The largest absolute Gasteiger partial charge is 0.358 e. The van der Waals surface area contributed by atoms with Crippen LogP contribution in [0.3, 0.4) is 0 Å². The highest BCUT2D eigenvalue weighted by Crippen LogP contribution is 2.57. The van der Waals surface area contributed by atoms with E-state index in [9.17, 15) is 0 Å². The lowest BCUT2D eigenvalue weighted by Gasteiger charge is -2.45. The molecule has 0 radical (unpaired) electrons. The molecule has 4 heteroatoms. The summed E-state index contributed by atoms with van der Waals surface area (Å²) >= 11 is 0. The number of hydrogen-bond acceptors (Lipinski definition) is 4. The normalized spacial score (nSPS) is 35.5. The van der Waals surface area contributed by atoms with Crippen LogP contribution in [-0.2, 0) is 5.41 Å². The van der Waals surface area contributed by atoms with E-state index < -0.39 is 0 Å². The van der Waals surface area contributed by atoms with Gasteiger partial charge in [0.2, 0.25) is 0 Å². The third-order valence-electron chi connectivity index (χ3n) is 11.4. The number of fused-ring (bicyclic) bond motifs is 3. The predicted molar refractivity (Wildman–Crippen MR) is 178 cm³/mol. The standard InChI is InChI=1S/C39H44N4/c1-39(2)33-16-10-9-15-29(33)30-19-17-27(24-34(30)39)32-23-28(18-20-31(32)35-21-22-40-35)38-42-36(25-11-5-3-6-12-25)41-37(43-38)26-13-7-4-8-14-26/h3-13,15-16,19-20,22,26-28,32,34-36,38,42H,14,17-18,21,23-24H2,1-2H3,(H,41,43). The number of hydrogen-bond donors (Lipinski definition) is 2. The molecule has 8 unspecified atom stereocenters. The second-order valence-electron chi connectivity index (χ2n) is 14.1. The van der Waals surface area contributed by atoms with Gasteiger partial charge in [0.15, 0.2) is 0 Å². The van der Waals surface area contributed by atoms with Gasteiger partial charge in [0.05, 0.1) is 12.2 Å². The molecule has 6 aliphatic rings. The van der Waals surface area contributed by atoms with Gasteiger partial charge in [-0.15, -0.1) is 0 Å². The first-order chi connectivity index (χ1) is 21.1. The summed E-state index contributed by atoms with van der Waals surface area (Å²) in [5.74, 6) is 3.75. The third-order valence-corrected chi connectivity index (χ3v) is 11.4. The Morgan fingerprint density at radius 1 is 0.837 bits per heavy atom. The molecule has 0 saturated heterocycles. The number of benzene rings is 2. The van der Waals surface area contributed by atoms with Crippen LogP contribution in [-0.4, -0.2) is 24.3 Å². The van der Waals surface area contributed by atoms with E-state index in [-0.39, 0.29) is 17.7 Å². The fourth-order valence-electron chi connectivity index (χ4n) is 8.92. The van der Waals surface area contributed by atoms with Gasteiger partial charge in [-0.05, 0) is 89.0 Å². The molecule has 2 aromatic carbocycles. The molecular weight excluding hydrogens is 524 g/mol. The van der Waals surface area contributed by atoms with Gasteiger partial charge in [0, 0.05) is 18.6 Å². The van der Waals surface area contributed by atoms with Crippen LogP contribution in [0.2, 0.25) is 0 Å². The average Bonchev–Trinajstić information content (AvgIpc) is 3.27. The Bertz CT molecular complexity index is 1560. The van der Waals surface area contributed by atoms with Crippen molar-refractivity contribution in [2.24, 2.45) is 39.6 Å². The van der Waals surface area contributed by atoms with Gasteiger partial charge in [0.25, 0.3) is 0 Å². The van der Waals surface area contributed by atoms with E-state index in [1.807, 2.05) is 0 Å². The Morgan fingerprint density at radius 2 is 1.65 bits per heavy atom. The van der Waals surface area contributed by atoms with Crippen molar-refractivity contribution in [3.05, 3.63) is 113 Å². The number of rotatable bonds is 5. The lowest BCUT2D eigenvalue weighted by Crippen LogP contribution is -2.57. The predicted octanol–water partition coefficient (Wildman–Crippen LogP) is 7.93. The van der Waals surface area contributed by atoms with Gasteiger partial charge >= 0.3 is 0 Å². The number of aliphatic imine (C=N–C) groups is 2. The molecule has 0 aromatic heterocycles. The van der Waals surface area contributed by atoms with Crippen LogP contribution in [0.15, 0.2) is 107 Å². The van der Waals surface area contributed by atoms with Crippen LogP contribution in [0.5, 0.6) is 0 Å². The molecule has 8 rings (SSSR count). The molecule has 4 nitrogen and oxygen atoms in total. The maximum atomic E-state index is 5.23. The molecule has 0 saturated carbocycles. The zero-order valence-electron chi connectivity index (χ0n) is 25.5. The van der Waals surface area contributed by atoms with Crippen LogP contribution in [0.25, 0.3) is 5.57 Å². The Morgan fingerprint density at radius 3 is 2.44 bits per heavy atom. The highest BCUT2D eigenvalue weighted by molar-refractivity contribution is 5.87. The summed E-state index contributed by atoms with van der Waals surface area (Å²) in [6.45, 7) is 4.96. The number of nitrogens with one attached hydrogen (secondary N) is 2. The summed E-state index contributed by atoms with van der Waals surface area (Å²) < 4.78 is 0. The minimum Gasteiger partial charge on any atom is -0.358 e. The van der Waals surface area contributed by atoms with Crippen molar-refractivity contribution in [2.45, 2.75) is 76.2 Å². The molecule has 4 aliphatic carbocycles. The minimum absolute atomic E-state index is 0.0280. The fraction of sp³-hybridized carbons (Fsp3) is 0.436. The van der Waals surface area contributed by atoms with E-state index in [1.165, 1.54) is 36.0 Å². The van der Waals surface area contributed by atoms with Gasteiger partial charge in [-0.25, -0.2) is 4.99 Å². The smallest absolute Gasteiger partial charge is 0.129 e. The van der Waals surface area contributed by atoms with Crippen molar-refractivity contribution in [3.8, 4) is 0 Å². The Hall–Kier alpha value is -3.50. The summed E-state index contributed by atoms with van der Waals surface area (Å²) in [5, 5.41) is 7.89. The maximum absolute atomic E-state index is 5.23. The first kappa shape index (κ1) is 27.1. The summed E-state index contributed by atoms with van der Waals surface area (Å²) in [7, 11) is 0. The zero-order valence-corrected chi connectivity index (χ0v) is 25.5. The van der Waals surface area contributed by atoms with Crippen molar-refractivity contribution in [3.63, 3.8) is 0 Å². The van der Waals surface area contributed by atoms with Crippen LogP contribution in [0.4, 0.5) is 0 Å². The number of nitrogens with zero attached hydrogens (tertiary/aromatic N) is 2. The molecule has 0 amide bonds. The first-order valence-electron chi connectivity index (χ1n) is 16.6. The molecule has 2 aromatic rings. The molecule has 220 valence electrons. The molecule has 8 atom stereocenters. The van der Waals surface area contributed by atoms with Crippen molar-refractivity contribution in [1.82, 2.24) is 10.6 Å². The van der Waals surface area contributed by atoms with Gasteiger partial charge in [-0.1, -0.05) is 105 Å².